The summed E-state index contributed by atoms with van der Waals surface area (Å²) >= 11 is 0. The van der Waals surface area contributed by atoms with E-state index < -0.39 is 0 Å². The Morgan fingerprint density at radius 2 is 1.88 bits per heavy atom. The normalized spacial score (nSPS) is 11.4. The number of nitrogen functional groups attached to an aromatic ring is 1. The van der Waals surface area contributed by atoms with Gasteiger partial charge in [-0.25, -0.2) is 14.6 Å². The standard InChI is InChI=1S/C24H22N6O2/c1-3-29-17(10-15-7-4-6-14(2)19(15)24(29)32)12-30-23-20(22(25)26-13-27-23)21(28-30)16-8-5-9-18(31)11-16/h4-11,13,31H,3,12H2,1-2H3,(H2,25,26,27). The minimum absolute atomic E-state index is 0.0168. The van der Waals surface area contributed by atoms with E-state index in [9.17, 15) is 9.90 Å². The number of nitrogens with zero attached hydrogens (tertiary/aromatic N) is 5. The van der Waals surface area contributed by atoms with Crippen LogP contribution in [0.3, 0.4) is 0 Å². The number of nitrogens with two attached hydrogens (primary N) is 1. The maximum Gasteiger partial charge on any atom is 0.258 e. The molecule has 0 atom stereocenters. The van der Waals surface area contributed by atoms with Crippen LogP contribution in [0.4, 0.5) is 5.82 Å². The van der Waals surface area contributed by atoms with Gasteiger partial charge in [0.1, 0.15) is 23.6 Å². The summed E-state index contributed by atoms with van der Waals surface area (Å²) in [5.41, 5.74) is 9.80. The second-order valence-electron chi connectivity index (χ2n) is 7.74. The van der Waals surface area contributed by atoms with Gasteiger partial charge in [-0.2, -0.15) is 5.10 Å². The Balaban J connectivity index is 1.73. The molecule has 0 saturated carbocycles. The van der Waals surface area contributed by atoms with E-state index in [1.165, 1.54) is 6.33 Å². The number of pyridine rings is 1. The molecule has 5 aromatic rings. The fourth-order valence-corrected chi connectivity index (χ4v) is 4.25. The molecular formula is C24H22N6O2. The number of phenols is 1. The molecule has 5 rings (SSSR count). The molecule has 0 saturated heterocycles. The number of hydrogen-bond donors (Lipinski definition) is 2. The maximum atomic E-state index is 13.2. The number of aromatic hydroxyl groups is 1. The van der Waals surface area contributed by atoms with Gasteiger partial charge in [0.2, 0.25) is 0 Å². The van der Waals surface area contributed by atoms with E-state index in [-0.39, 0.29) is 11.3 Å². The van der Waals surface area contributed by atoms with Crippen LogP contribution in [0.25, 0.3) is 33.1 Å². The summed E-state index contributed by atoms with van der Waals surface area (Å²) in [4.78, 5) is 21.8. The second kappa shape index (κ2) is 7.49. The van der Waals surface area contributed by atoms with Crippen LogP contribution in [0.5, 0.6) is 5.75 Å². The van der Waals surface area contributed by atoms with E-state index in [0.29, 0.717) is 41.2 Å². The maximum absolute atomic E-state index is 13.2. The van der Waals surface area contributed by atoms with Crippen LogP contribution in [0.15, 0.2) is 59.7 Å². The van der Waals surface area contributed by atoms with Gasteiger partial charge in [-0.3, -0.25) is 4.79 Å². The average molecular weight is 426 g/mol. The molecule has 2 aromatic carbocycles. The second-order valence-corrected chi connectivity index (χ2v) is 7.74. The van der Waals surface area contributed by atoms with Crippen LogP contribution in [-0.4, -0.2) is 29.4 Å². The largest absolute Gasteiger partial charge is 0.508 e. The zero-order chi connectivity index (χ0) is 22.4. The van der Waals surface area contributed by atoms with Crippen molar-refractivity contribution in [2.45, 2.75) is 26.9 Å². The lowest BCUT2D eigenvalue weighted by Crippen LogP contribution is -2.25. The molecule has 32 heavy (non-hydrogen) atoms. The highest BCUT2D eigenvalue weighted by Gasteiger charge is 2.19. The van der Waals surface area contributed by atoms with E-state index in [0.717, 1.165) is 22.0 Å². The molecule has 3 aromatic heterocycles. The summed E-state index contributed by atoms with van der Waals surface area (Å²) in [6.45, 7) is 4.77. The van der Waals surface area contributed by atoms with Gasteiger partial charge in [-0.05, 0) is 43.0 Å². The Bertz CT molecular complexity index is 1550. The number of aryl methyl sites for hydroxylation is 1. The van der Waals surface area contributed by atoms with E-state index in [1.807, 2.05) is 44.2 Å². The number of rotatable bonds is 4. The van der Waals surface area contributed by atoms with Gasteiger partial charge in [-0.15, -0.1) is 0 Å². The summed E-state index contributed by atoms with van der Waals surface area (Å²) in [6, 6.07) is 14.7. The van der Waals surface area contributed by atoms with E-state index in [1.54, 1.807) is 27.4 Å². The van der Waals surface area contributed by atoms with Crippen LogP contribution in [0.2, 0.25) is 0 Å². The summed E-state index contributed by atoms with van der Waals surface area (Å²) in [6.07, 6.45) is 1.40. The third kappa shape index (κ3) is 3.08. The lowest BCUT2D eigenvalue weighted by atomic mass is 10.1. The highest BCUT2D eigenvalue weighted by atomic mass is 16.3. The molecule has 3 heterocycles. The first kappa shape index (κ1) is 19.7. The Labute approximate surface area is 183 Å². The number of benzene rings is 2. The van der Waals surface area contributed by atoms with Gasteiger partial charge in [0.05, 0.1) is 17.3 Å². The Morgan fingerprint density at radius 3 is 2.66 bits per heavy atom. The predicted octanol–water partition coefficient (Wildman–Crippen LogP) is 3.47. The van der Waals surface area contributed by atoms with Crippen molar-refractivity contribution >= 4 is 27.6 Å². The van der Waals surface area contributed by atoms with E-state index >= 15 is 0 Å². The molecule has 0 aliphatic heterocycles. The molecule has 0 fully saturated rings. The molecule has 8 heteroatoms. The summed E-state index contributed by atoms with van der Waals surface area (Å²) < 4.78 is 3.50. The predicted molar refractivity (Wildman–Crippen MR) is 125 cm³/mol. The van der Waals surface area contributed by atoms with Gasteiger partial charge in [0.15, 0.2) is 5.65 Å². The molecule has 0 unspecified atom stereocenters. The number of phenolic OH excluding ortho intramolecular Hbond substituents is 1. The third-order valence-electron chi connectivity index (χ3n) is 5.74. The molecule has 160 valence electrons. The van der Waals surface area contributed by atoms with E-state index in [2.05, 4.69) is 9.97 Å². The van der Waals surface area contributed by atoms with Crippen LogP contribution < -0.4 is 11.3 Å². The molecule has 0 bridgehead atoms. The smallest absolute Gasteiger partial charge is 0.258 e. The van der Waals surface area contributed by atoms with Crippen molar-refractivity contribution in [2.24, 2.45) is 0 Å². The molecule has 8 nitrogen and oxygen atoms in total. The zero-order valence-corrected chi connectivity index (χ0v) is 17.8. The molecule has 3 N–H and O–H groups in total. The van der Waals surface area contributed by atoms with Gasteiger partial charge in [-0.1, -0.05) is 30.3 Å². The first-order valence-electron chi connectivity index (χ1n) is 10.4. The average Bonchev–Trinajstić information content (AvgIpc) is 3.14. The van der Waals surface area contributed by atoms with Crippen molar-refractivity contribution < 1.29 is 5.11 Å². The first-order chi connectivity index (χ1) is 15.5. The number of hydrogen-bond acceptors (Lipinski definition) is 6. The third-order valence-corrected chi connectivity index (χ3v) is 5.74. The topological polar surface area (TPSA) is 112 Å². The van der Waals surface area contributed by atoms with Crippen molar-refractivity contribution in [3.05, 3.63) is 76.5 Å². The number of fused-ring (bicyclic) bond motifs is 2. The Morgan fingerprint density at radius 1 is 1.06 bits per heavy atom. The highest BCUT2D eigenvalue weighted by Crippen LogP contribution is 2.32. The molecule has 0 amide bonds. The minimum atomic E-state index is -0.0168. The molecular weight excluding hydrogens is 404 g/mol. The fourth-order valence-electron chi connectivity index (χ4n) is 4.25. The zero-order valence-electron chi connectivity index (χ0n) is 17.8. The lowest BCUT2D eigenvalue weighted by Gasteiger charge is -2.14. The van der Waals surface area contributed by atoms with Gasteiger partial charge < -0.3 is 15.4 Å². The van der Waals surface area contributed by atoms with Crippen molar-refractivity contribution in [3.8, 4) is 17.0 Å². The van der Waals surface area contributed by atoms with Gasteiger partial charge in [0, 0.05) is 17.8 Å². The Hall–Kier alpha value is -4.20. The van der Waals surface area contributed by atoms with Crippen molar-refractivity contribution in [3.63, 3.8) is 0 Å². The monoisotopic (exact) mass is 426 g/mol. The van der Waals surface area contributed by atoms with Crippen LogP contribution >= 0.6 is 0 Å². The van der Waals surface area contributed by atoms with Crippen molar-refractivity contribution in [1.29, 1.82) is 0 Å². The van der Waals surface area contributed by atoms with E-state index in [4.69, 9.17) is 10.8 Å². The SMILES string of the molecule is CCn1c(Cn2nc(-c3cccc(O)c3)c3c(N)ncnc32)cc2cccc(C)c2c1=O. The van der Waals surface area contributed by atoms with Gasteiger partial charge >= 0.3 is 0 Å². The quantitative estimate of drug-likeness (QED) is 0.455. The summed E-state index contributed by atoms with van der Waals surface area (Å²) in [5.74, 6) is 0.437. The number of anilines is 1. The van der Waals surface area contributed by atoms with Crippen LogP contribution in [0, 0.1) is 6.92 Å². The molecule has 0 aliphatic carbocycles. The minimum Gasteiger partial charge on any atom is -0.508 e. The molecule has 0 spiro atoms. The Kier molecular flexibility index (Phi) is 4.62. The summed E-state index contributed by atoms with van der Waals surface area (Å²) in [7, 11) is 0. The lowest BCUT2D eigenvalue weighted by molar-refractivity contribution is 0.475. The first-order valence-corrected chi connectivity index (χ1v) is 10.4. The van der Waals surface area contributed by atoms with Crippen LogP contribution in [-0.2, 0) is 13.1 Å². The molecule has 0 aliphatic rings. The molecule has 0 radical (unpaired) electrons. The highest BCUT2D eigenvalue weighted by molar-refractivity contribution is 5.98. The van der Waals surface area contributed by atoms with Crippen molar-refractivity contribution in [2.75, 3.05) is 5.73 Å². The fraction of sp³-hybridized carbons (Fsp3) is 0.167. The summed E-state index contributed by atoms with van der Waals surface area (Å²) in [5, 5.41) is 17.0. The number of aromatic nitrogens is 5. The van der Waals surface area contributed by atoms with Crippen LogP contribution in [0.1, 0.15) is 18.2 Å². The van der Waals surface area contributed by atoms with Crippen molar-refractivity contribution in [1.82, 2.24) is 24.3 Å². The van der Waals surface area contributed by atoms with Gasteiger partial charge in [0.25, 0.3) is 5.56 Å².